The molecule has 0 saturated carbocycles. The minimum atomic E-state index is -3.90. The lowest BCUT2D eigenvalue weighted by Gasteiger charge is -2.10. The zero-order valence-electron chi connectivity index (χ0n) is 15.2. The van der Waals surface area contributed by atoms with Gasteiger partial charge in [0.15, 0.2) is 0 Å². The van der Waals surface area contributed by atoms with Crippen molar-refractivity contribution < 1.29 is 22.5 Å². The van der Waals surface area contributed by atoms with Crippen LogP contribution in [0, 0.1) is 15.9 Å². The van der Waals surface area contributed by atoms with Gasteiger partial charge >= 0.3 is 6.03 Å². The molecule has 154 valence electrons. The number of nitro benzene ring substituents is 1. The number of non-ortho nitro benzene ring substituents is 1. The highest BCUT2D eigenvalue weighted by atomic mass is 32.2. The van der Waals surface area contributed by atoms with Crippen molar-refractivity contribution in [2.75, 3.05) is 15.4 Å². The van der Waals surface area contributed by atoms with E-state index in [1.54, 1.807) is 0 Å². The standard InChI is InChI=1S/C19H15FN4O5S/c20-13-4-6-15(7-5-13)23-30(28,29)18-10-8-14(9-11-18)21-19(25)22-16-2-1-3-17(12-16)24(26)27/h1-12,23H,(H2,21,22,25). The van der Waals surface area contributed by atoms with Gasteiger partial charge in [0.05, 0.1) is 9.82 Å². The Balaban J connectivity index is 1.65. The largest absolute Gasteiger partial charge is 0.323 e. The van der Waals surface area contributed by atoms with Gasteiger partial charge in [-0.2, -0.15) is 0 Å². The Labute approximate surface area is 170 Å². The highest BCUT2D eigenvalue weighted by molar-refractivity contribution is 7.92. The minimum Gasteiger partial charge on any atom is -0.308 e. The van der Waals surface area contributed by atoms with E-state index >= 15 is 0 Å². The summed E-state index contributed by atoms with van der Waals surface area (Å²) >= 11 is 0. The molecule has 0 aromatic heterocycles. The van der Waals surface area contributed by atoms with Crippen LogP contribution in [0.25, 0.3) is 0 Å². The molecule has 0 unspecified atom stereocenters. The van der Waals surface area contributed by atoms with Gasteiger partial charge in [-0.1, -0.05) is 6.07 Å². The summed E-state index contributed by atoms with van der Waals surface area (Å²) in [6.07, 6.45) is 0. The SMILES string of the molecule is O=C(Nc1ccc(S(=O)(=O)Nc2ccc(F)cc2)cc1)Nc1cccc([N+](=O)[O-])c1. The van der Waals surface area contributed by atoms with Crippen molar-refractivity contribution in [2.45, 2.75) is 4.90 Å². The van der Waals surface area contributed by atoms with Crippen molar-refractivity contribution in [3.05, 3.63) is 88.7 Å². The Morgan fingerprint density at radius 3 is 2.10 bits per heavy atom. The van der Waals surface area contributed by atoms with Gasteiger partial charge in [0, 0.05) is 29.2 Å². The molecule has 3 rings (SSSR count). The smallest absolute Gasteiger partial charge is 0.308 e. The van der Waals surface area contributed by atoms with E-state index in [4.69, 9.17) is 0 Å². The molecule has 3 aromatic carbocycles. The molecular formula is C19H15FN4O5S. The first-order chi connectivity index (χ1) is 14.2. The van der Waals surface area contributed by atoms with Crippen LogP contribution >= 0.6 is 0 Å². The van der Waals surface area contributed by atoms with Gasteiger partial charge in [-0.05, 0) is 54.6 Å². The van der Waals surface area contributed by atoms with E-state index in [1.807, 2.05) is 0 Å². The summed E-state index contributed by atoms with van der Waals surface area (Å²) in [6, 6.07) is 14.9. The predicted octanol–water partition coefficient (Wildman–Crippen LogP) is 4.18. The number of benzene rings is 3. The van der Waals surface area contributed by atoms with Crippen LogP contribution in [-0.4, -0.2) is 19.4 Å². The van der Waals surface area contributed by atoms with Crippen molar-refractivity contribution in [1.29, 1.82) is 0 Å². The number of amides is 2. The molecule has 9 nitrogen and oxygen atoms in total. The second-order valence-corrected chi connectivity index (χ2v) is 7.71. The Kier molecular flexibility index (Phi) is 5.93. The molecule has 2 amide bonds. The van der Waals surface area contributed by atoms with Crippen molar-refractivity contribution in [3.63, 3.8) is 0 Å². The fourth-order valence-electron chi connectivity index (χ4n) is 2.44. The summed E-state index contributed by atoms with van der Waals surface area (Å²) in [5.74, 6) is -0.489. The lowest BCUT2D eigenvalue weighted by atomic mass is 10.3. The van der Waals surface area contributed by atoms with E-state index in [9.17, 15) is 27.7 Å². The van der Waals surface area contributed by atoms with E-state index in [0.29, 0.717) is 5.69 Å². The zero-order chi connectivity index (χ0) is 21.7. The van der Waals surface area contributed by atoms with Gasteiger partial charge in [0.1, 0.15) is 5.82 Å². The lowest BCUT2D eigenvalue weighted by Crippen LogP contribution is -2.19. The number of sulfonamides is 1. The van der Waals surface area contributed by atoms with E-state index in [0.717, 1.165) is 12.1 Å². The van der Waals surface area contributed by atoms with Crippen LogP contribution in [0.15, 0.2) is 77.7 Å². The number of carbonyl (C=O) groups is 1. The molecule has 3 N–H and O–H groups in total. The molecule has 11 heteroatoms. The van der Waals surface area contributed by atoms with Crippen LogP contribution in [0.1, 0.15) is 0 Å². The number of urea groups is 1. The van der Waals surface area contributed by atoms with Gasteiger partial charge in [0.2, 0.25) is 0 Å². The van der Waals surface area contributed by atoms with Crippen molar-refractivity contribution in [2.24, 2.45) is 0 Å². The molecule has 0 fully saturated rings. The third kappa shape index (κ3) is 5.29. The van der Waals surface area contributed by atoms with Crippen LogP contribution in [0.4, 0.5) is 31.9 Å². The van der Waals surface area contributed by atoms with Gasteiger partial charge in [-0.25, -0.2) is 17.6 Å². The summed E-state index contributed by atoms with van der Waals surface area (Å²) in [4.78, 5) is 22.2. The van der Waals surface area contributed by atoms with Crippen LogP contribution in [-0.2, 0) is 10.0 Å². The summed E-state index contributed by atoms with van der Waals surface area (Å²) in [7, 11) is -3.90. The molecule has 0 heterocycles. The number of halogens is 1. The Morgan fingerprint density at radius 1 is 0.867 bits per heavy atom. The van der Waals surface area contributed by atoms with Gasteiger partial charge < -0.3 is 10.6 Å². The average Bonchev–Trinajstić information content (AvgIpc) is 2.70. The quantitative estimate of drug-likeness (QED) is 0.399. The number of hydrogen-bond acceptors (Lipinski definition) is 5. The summed E-state index contributed by atoms with van der Waals surface area (Å²) < 4.78 is 40.0. The number of hydrogen-bond donors (Lipinski definition) is 3. The molecule has 0 saturated heterocycles. The Hall–Kier alpha value is -3.99. The first kappa shape index (κ1) is 20.7. The number of nitro groups is 1. The second-order valence-electron chi connectivity index (χ2n) is 6.02. The normalized spacial score (nSPS) is 10.8. The first-order valence-corrected chi connectivity index (χ1v) is 9.92. The van der Waals surface area contributed by atoms with E-state index in [2.05, 4.69) is 15.4 Å². The lowest BCUT2D eigenvalue weighted by molar-refractivity contribution is -0.384. The van der Waals surface area contributed by atoms with Crippen LogP contribution in [0.5, 0.6) is 0 Å². The first-order valence-electron chi connectivity index (χ1n) is 8.44. The maximum atomic E-state index is 12.9. The van der Waals surface area contributed by atoms with E-state index in [1.165, 1.54) is 60.7 Å². The monoisotopic (exact) mass is 430 g/mol. The van der Waals surface area contributed by atoms with Crippen LogP contribution in [0.2, 0.25) is 0 Å². The van der Waals surface area contributed by atoms with Crippen LogP contribution < -0.4 is 15.4 Å². The highest BCUT2D eigenvalue weighted by Gasteiger charge is 2.15. The predicted molar refractivity (Wildman–Crippen MR) is 109 cm³/mol. The summed E-state index contributed by atoms with van der Waals surface area (Å²) in [5, 5.41) is 15.7. The number of anilines is 3. The Morgan fingerprint density at radius 2 is 1.47 bits per heavy atom. The fraction of sp³-hybridized carbons (Fsp3) is 0. The number of nitrogens with zero attached hydrogens (tertiary/aromatic N) is 1. The zero-order valence-corrected chi connectivity index (χ0v) is 16.0. The summed E-state index contributed by atoms with van der Waals surface area (Å²) in [5.41, 5.74) is 0.564. The Bertz CT molecular complexity index is 1180. The van der Waals surface area contributed by atoms with Gasteiger partial charge in [-0.15, -0.1) is 0 Å². The fourth-order valence-corrected chi connectivity index (χ4v) is 3.50. The molecule has 3 aromatic rings. The minimum absolute atomic E-state index is 0.0588. The van der Waals surface area contributed by atoms with Crippen molar-refractivity contribution >= 4 is 38.8 Å². The van der Waals surface area contributed by atoms with Crippen molar-refractivity contribution in [1.82, 2.24) is 0 Å². The average molecular weight is 430 g/mol. The van der Waals surface area contributed by atoms with E-state index in [-0.39, 0.29) is 22.0 Å². The molecule has 0 bridgehead atoms. The molecule has 0 radical (unpaired) electrons. The number of nitrogens with one attached hydrogen (secondary N) is 3. The number of carbonyl (C=O) groups excluding carboxylic acids is 1. The number of rotatable bonds is 6. The maximum Gasteiger partial charge on any atom is 0.323 e. The van der Waals surface area contributed by atoms with Crippen molar-refractivity contribution in [3.8, 4) is 0 Å². The molecule has 0 atom stereocenters. The third-order valence-corrected chi connectivity index (χ3v) is 5.23. The third-order valence-electron chi connectivity index (χ3n) is 3.83. The summed E-state index contributed by atoms with van der Waals surface area (Å²) in [6.45, 7) is 0. The molecule has 30 heavy (non-hydrogen) atoms. The van der Waals surface area contributed by atoms with E-state index < -0.39 is 26.8 Å². The molecule has 0 spiro atoms. The molecule has 0 aliphatic rings. The topological polar surface area (TPSA) is 130 Å². The second kappa shape index (κ2) is 8.57. The van der Waals surface area contributed by atoms with Crippen LogP contribution in [0.3, 0.4) is 0 Å². The maximum absolute atomic E-state index is 12.9. The molecular weight excluding hydrogens is 415 g/mol. The van der Waals surface area contributed by atoms with Gasteiger partial charge in [0.25, 0.3) is 15.7 Å². The molecule has 0 aliphatic heterocycles. The molecule has 0 aliphatic carbocycles. The van der Waals surface area contributed by atoms with Gasteiger partial charge in [-0.3, -0.25) is 14.8 Å². The highest BCUT2D eigenvalue weighted by Crippen LogP contribution is 2.20.